The normalized spacial score (nSPS) is 23.3. The van der Waals surface area contributed by atoms with Crippen LogP contribution in [-0.2, 0) is 16.6 Å². The summed E-state index contributed by atoms with van der Waals surface area (Å²) in [5.74, 6) is 0.0890. The number of hydrogen-bond donors (Lipinski definition) is 0. The minimum Gasteiger partial charge on any atom is -0.337 e. The van der Waals surface area contributed by atoms with Crippen LogP contribution in [-0.4, -0.2) is 62.4 Å². The number of carbonyl (C=O) groups is 3. The van der Waals surface area contributed by atoms with Crippen molar-refractivity contribution in [1.82, 2.24) is 19.6 Å². The summed E-state index contributed by atoms with van der Waals surface area (Å²) in [5, 5.41) is 4.05. The first-order chi connectivity index (χ1) is 12.5. The molecule has 2 aliphatic rings. The second-order valence-electron chi connectivity index (χ2n) is 7.31. The van der Waals surface area contributed by atoms with E-state index in [4.69, 9.17) is 0 Å². The Bertz CT molecular complexity index is 684. The van der Waals surface area contributed by atoms with Gasteiger partial charge in [0.2, 0.25) is 11.8 Å². The zero-order valence-corrected chi connectivity index (χ0v) is 15.7. The largest absolute Gasteiger partial charge is 0.337 e. The Morgan fingerprint density at radius 2 is 1.88 bits per heavy atom. The van der Waals surface area contributed by atoms with Crippen molar-refractivity contribution in [3.05, 3.63) is 18.0 Å². The van der Waals surface area contributed by atoms with Crippen molar-refractivity contribution in [1.29, 1.82) is 0 Å². The van der Waals surface area contributed by atoms with Crippen molar-refractivity contribution in [2.75, 3.05) is 13.1 Å². The lowest BCUT2D eigenvalue weighted by atomic mass is 9.99. The van der Waals surface area contributed by atoms with Gasteiger partial charge in [-0.15, -0.1) is 0 Å². The Hall–Kier alpha value is -2.18. The fourth-order valence-electron chi connectivity index (χ4n) is 4.12. The highest BCUT2D eigenvalue weighted by Gasteiger charge is 2.38. The Morgan fingerprint density at radius 3 is 2.58 bits per heavy atom. The van der Waals surface area contributed by atoms with E-state index >= 15 is 0 Å². The number of carbonyl (C=O) groups excluding carboxylic acids is 3. The summed E-state index contributed by atoms with van der Waals surface area (Å²) in [4.78, 5) is 41.5. The molecule has 2 atom stereocenters. The maximum Gasteiger partial charge on any atom is 0.245 e. The molecule has 0 saturated carbocycles. The van der Waals surface area contributed by atoms with Crippen molar-refractivity contribution in [2.24, 2.45) is 7.05 Å². The number of aryl methyl sites for hydroxylation is 1. The first-order valence-corrected chi connectivity index (χ1v) is 9.63. The SMILES string of the molecule is CCC(=O)N1CCCCC1C(=O)N1CCCC1CC(=O)c1cnn(C)c1. The van der Waals surface area contributed by atoms with Crippen molar-refractivity contribution in [2.45, 2.75) is 64.0 Å². The van der Waals surface area contributed by atoms with Crippen LogP contribution in [0.2, 0.25) is 0 Å². The maximum atomic E-state index is 13.2. The average Bonchev–Trinajstić information content (AvgIpc) is 3.29. The van der Waals surface area contributed by atoms with Crippen molar-refractivity contribution in [3.63, 3.8) is 0 Å². The lowest BCUT2D eigenvalue weighted by molar-refractivity contribution is -0.148. The highest BCUT2D eigenvalue weighted by molar-refractivity contribution is 5.96. The standard InChI is InChI=1S/C19H28N4O3/c1-3-18(25)23-9-5-4-8-16(23)19(26)22-10-6-7-15(22)11-17(24)14-12-20-21(2)13-14/h12-13,15-16H,3-11H2,1-2H3. The van der Waals surface area contributed by atoms with Crippen LogP contribution in [0.25, 0.3) is 0 Å². The van der Waals surface area contributed by atoms with Gasteiger partial charge in [0.1, 0.15) is 6.04 Å². The minimum atomic E-state index is -0.356. The van der Waals surface area contributed by atoms with E-state index in [1.54, 1.807) is 29.0 Å². The summed E-state index contributed by atoms with van der Waals surface area (Å²) < 4.78 is 1.61. The minimum absolute atomic E-state index is 0.0212. The molecule has 7 heteroatoms. The first kappa shape index (κ1) is 18.6. The number of Topliss-reactive ketones (excluding diaryl/α,β-unsaturated/α-hetero) is 1. The van der Waals surface area contributed by atoms with Crippen LogP contribution in [0.15, 0.2) is 12.4 Å². The Labute approximate surface area is 154 Å². The molecular formula is C19H28N4O3. The molecule has 0 aromatic carbocycles. The van der Waals surface area contributed by atoms with Crippen LogP contribution in [0.3, 0.4) is 0 Å². The number of nitrogens with zero attached hydrogens (tertiary/aromatic N) is 4. The van der Waals surface area contributed by atoms with E-state index in [1.165, 1.54) is 0 Å². The van der Waals surface area contributed by atoms with E-state index in [1.807, 2.05) is 11.8 Å². The Balaban J connectivity index is 1.69. The Morgan fingerprint density at radius 1 is 1.12 bits per heavy atom. The van der Waals surface area contributed by atoms with Gasteiger partial charge in [-0.2, -0.15) is 5.10 Å². The molecule has 1 aromatic rings. The molecule has 142 valence electrons. The maximum absolute atomic E-state index is 13.2. The smallest absolute Gasteiger partial charge is 0.245 e. The molecule has 26 heavy (non-hydrogen) atoms. The zero-order chi connectivity index (χ0) is 18.7. The van der Waals surface area contributed by atoms with Gasteiger partial charge in [0, 0.05) is 45.2 Å². The lowest BCUT2D eigenvalue weighted by Crippen LogP contribution is -2.54. The fraction of sp³-hybridized carbons (Fsp3) is 0.684. The van der Waals surface area contributed by atoms with Crippen LogP contribution in [0.4, 0.5) is 0 Å². The molecule has 0 radical (unpaired) electrons. The summed E-state index contributed by atoms with van der Waals surface area (Å²) in [6.45, 7) is 3.17. The molecule has 7 nitrogen and oxygen atoms in total. The third-order valence-corrected chi connectivity index (χ3v) is 5.52. The van der Waals surface area contributed by atoms with Gasteiger partial charge in [0.15, 0.2) is 5.78 Å². The van der Waals surface area contributed by atoms with E-state index in [2.05, 4.69) is 5.10 Å². The van der Waals surface area contributed by atoms with Crippen LogP contribution in [0.1, 0.15) is 62.2 Å². The van der Waals surface area contributed by atoms with Gasteiger partial charge in [-0.05, 0) is 32.1 Å². The van der Waals surface area contributed by atoms with Gasteiger partial charge < -0.3 is 9.80 Å². The summed E-state index contributed by atoms with van der Waals surface area (Å²) >= 11 is 0. The zero-order valence-electron chi connectivity index (χ0n) is 15.7. The summed E-state index contributed by atoms with van der Waals surface area (Å²) in [6.07, 6.45) is 8.44. The van der Waals surface area contributed by atoms with Gasteiger partial charge in [0.25, 0.3) is 0 Å². The van der Waals surface area contributed by atoms with Gasteiger partial charge in [-0.25, -0.2) is 0 Å². The Kier molecular flexibility index (Phi) is 5.74. The number of rotatable bonds is 5. The number of hydrogen-bond acceptors (Lipinski definition) is 4. The molecule has 2 fully saturated rings. The molecule has 3 heterocycles. The molecule has 0 spiro atoms. The van der Waals surface area contributed by atoms with Crippen LogP contribution in [0.5, 0.6) is 0 Å². The van der Waals surface area contributed by atoms with E-state index in [-0.39, 0.29) is 29.7 Å². The highest BCUT2D eigenvalue weighted by Crippen LogP contribution is 2.27. The van der Waals surface area contributed by atoms with Crippen LogP contribution in [0, 0.1) is 0 Å². The molecule has 0 aliphatic carbocycles. The van der Waals surface area contributed by atoms with Crippen molar-refractivity contribution in [3.8, 4) is 0 Å². The number of amides is 2. The summed E-state index contributed by atoms with van der Waals surface area (Å²) in [5.41, 5.74) is 0.590. The molecule has 3 rings (SSSR count). The quantitative estimate of drug-likeness (QED) is 0.750. The second-order valence-corrected chi connectivity index (χ2v) is 7.31. The summed E-state index contributed by atoms with van der Waals surface area (Å²) in [6, 6.07) is -0.430. The van der Waals surface area contributed by atoms with Crippen LogP contribution >= 0.6 is 0 Å². The van der Waals surface area contributed by atoms with E-state index in [0.29, 0.717) is 31.5 Å². The monoisotopic (exact) mass is 360 g/mol. The number of aromatic nitrogens is 2. The molecule has 0 bridgehead atoms. The summed E-state index contributed by atoms with van der Waals surface area (Å²) in [7, 11) is 1.78. The lowest BCUT2D eigenvalue weighted by Gasteiger charge is -2.38. The van der Waals surface area contributed by atoms with Crippen molar-refractivity contribution < 1.29 is 14.4 Å². The van der Waals surface area contributed by atoms with E-state index < -0.39 is 0 Å². The fourth-order valence-corrected chi connectivity index (χ4v) is 4.12. The van der Waals surface area contributed by atoms with Gasteiger partial charge >= 0.3 is 0 Å². The second kappa shape index (κ2) is 8.01. The predicted molar refractivity (Wildman–Crippen MR) is 96.5 cm³/mol. The molecule has 1 aromatic heterocycles. The van der Waals surface area contributed by atoms with Gasteiger partial charge in [-0.3, -0.25) is 19.1 Å². The molecule has 0 N–H and O–H groups in total. The van der Waals surface area contributed by atoms with Gasteiger partial charge in [0.05, 0.1) is 11.8 Å². The average molecular weight is 360 g/mol. The van der Waals surface area contributed by atoms with E-state index in [9.17, 15) is 14.4 Å². The third-order valence-electron chi connectivity index (χ3n) is 5.52. The predicted octanol–water partition coefficient (Wildman–Crippen LogP) is 1.77. The number of likely N-dealkylation sites (tertiary alicyclic amines) is 2. The first-order valence-electron chi connectivity index (χ1n) is 9.63. The molecule has 2 aliphatic heterocycles. The highest BCUT2D eigenvalue weighted by atomic mass is 16.2. The van der Waals surface area contributed by atoms with Crippen LogP contribution < -0.4 is 0 Å². The number of piperidine rings is 1. The third kappa shape index (κ3) is 3.81. The molecule has 2 amide bonds. The molecular weight excluding hydrogens is 332 g/mol. The molecule has 2 saturated heterocycles. The molecule has 2 unspecified atom stereocenters. The number of ketones is 1. The van der Waals surface area contributed by atoms with E-state index in [0.717, 1.165) is 32.1 Å². The topological polar surface area (TPSA) is 75.5 Å². The van der Waals surface area contributed by atoms with Gasteiger partial charge in [-0.1, -0.05) is 6.92 Å². The van der Waals surface area contributed by atoms with Crippen molar-refractivity contribution >= 4 is 17.6 Å².